The number of hydrogen-bond acceptors (Lipinski definition) is 7. The number of piperidine rings is 1. The van der Waals surface area contributed by atoms with Gasteiger partial charge in [0.1, 0.15) is 11.8 Å². The average Bonchev–Trinajstić information content (AvgIpc) is 2.82. The van der Waals surface area contributed by atoms with Gasteiger partial charge < -0.3 is 14.4 Å². The number of fused-ring (bicyclic) bond motifs is 1. The molecule has 1 aromatic heterocycles. The van der Waals surface area contributed by atoms with E-state index in [1.165, 1.54) is 7.11 Å². The molecule has 2 heterocycles. The molecule has 0 radical (unpaired) electrons. The molecule has 1 aliphatic rings. The molecule has 0 amide bonds. The number of rotatable bonds is 6. The van der Waals surface area contributed by atoms with Gasteiger partial charge in [0, 0.05) is 30.6 Å². The van der Waals surface area contributed by atoms with Crippen LogP contribution in [-0.4, -0.2) is 49.3 Å². The summed E-state index contributed by atoms with van der Waals surface area (Å²) in [6.45, 7) is 3.64. The van der Waals surface area contributed by atoms with Crippen molar-refractivity contribution in [2.75, 3.05) is 32.2 Å². The second kappa shape index (κ2) is 9.31. The molecular formula is C24H28N4O3. The molecule has 31 heavy (non-hydrogen) atoms. The highest BCUT2D eigenvalue weighted by Crippen LogP contribution is 2.26. The Balaban J connectivity index is 1.46. The van der Waals surface area contributed by atoms with Gasteiger partial charge >= 0.3 is 5.97 Å². The van der Waals surface area contributed by atoms with Gasteiger partial charge in [-0.1, -0.05) is 30.3 Å². The van der Waals surface area contributed by atoms with E-state index >= 15 is 0 Å². The third kappa shape index (κ3) is 4.61. The highest BCUT2D eigenvalue weighted by atomic mass is 16.5. The van der Waals surface area contributed by atoms with Crippen LogP contribution in [0, 0.1) is 6.92 Å². The zero-order chi connectivity index (χ0) is 21.8. The summed E-state index contributed by atoms with van der Waals surface area (Å²) in [7, 11) is 3.09. The lowest BCUT2D eigenvalue weighted by Crippen LogP contribution is -2.46. The third-order valence-corrected chi connectivity index (χ3v) is 5.83. The first-order valence-corrected chi connectivity index (χ1v) is 10.5. The molecule has 1 N–H and O–H groups in total. The standard InChI is InChI=1S/C24H28N4O3/c1-16-20-10-9-19(30-2)15-21(20)27-24(25-16)28-13-11-18(12-14-28)26-22(23(29)31-3)17-7-5-4-6-8-17/h4-10,15,18,22,26H,11-14H2,1-3H3/t22-/m0/s1. The second-order valence-electron chi connectivity index (χ2n) is 7.79. The number of benzene rings is 2. The number of carbonyl (C=O) groups excluding carboxylic acids is 1. The minimum Gasteiger partial charge on any atom is -0.497 e. The van der Waals surface area contributed by atoms with E-state index in [1.807, 2.05) is 55.5 Å². The SMILES string of the molecule is COC(=O)[C@@H](NC1CCN(c2nc(C)c3ccc(OC)cc3n2)CC1)c1ccccc1. The maximum Gasteiger partial charge on any atom is 0.327 e. The van der Waals surface area contributed by atoms with Crippen molar-refractivity contribution in [3.8, 4) is 5.75 Å². The molecule has 1 saturated heterocycles. The molecule has 162 valence electrons. The van der Waals surface area contributed by atoms with Crippen LogP contribution in [0.2, 0.25) is 0 Å². The summed E-state index contributed by atoms with van der Waals surface area (Å²) >= 11 is 0. The third-order valence-electron chi connectivity index (χ3n) is 5.83. The maximum atomic E-state index is 12.4. The van der Waals surface area contributed by atoms with E-state index in [-0.39, 0.29) is 12.0 Å². The predicted molar refractivity (Wildman–Crippen MR) is 120 cm³/mol. The fourth-order valence-electron chi connectivity index (χ4n) is 4.07. The van der Waals surface area contributed by atoms with Crippen molar-refractivity contribution in [2.24, 2.45) is 0 Å². The minimum atomic E-state index is -0.464. The van der Waals surface area contributed by atoms with Gasteiger partial charge in [0.2, 0.25) is 5.95 Å². The van der Waals surface area contributed by atoms with Crippen molar-refractivity contribution >= 4 is 22.8 Å². The Kier molecular flexibility index (Phi) is 6.32. The Labute approximate surface area is 182 Å². The predicted octanol–water partition coefficient (Wildman–Crippen LogP) is 3.42. The smallest absolute Gasteiger partial charge is 0.327 e. The van der Waals surface area contributed by atoms with Gasteiger partial charge in [0.15, 0.2) is 0 Å². The number of nitrogens with zero attached hydrogens (tertiary/aromatic N) is 3. The lowest BCUT2D eigenvalue weighted by atomic mass is 10.0. The van der Waals surface area contributed by atoms with Gasteiger partial charge in [0.25, 0.3) is 0 Å². The van der Waals surface area contributed by atoms with Gasteiger partial charge in [-0.3, -0.25) is 5.32 Å². The fraction of sp³-hybridized carbons (Fsp3) is 0.375. The first-order valence-electron chi connectivity index (χ1n) is 10.5. The van der Waals surface area contributed by atoms with Crippen molar-refractivity contribution in [3.63, 3.8) is 0 Å². The molecule has 0 unspecified atom stereocenters. The number of aromatic nitrogens is 2. The van der Waals surface area contributed by atoms with Crippen LogP contribution in [-0.2, 0) is 9.53 Å². The number of aryl methyl sites for hydroxylation is 1. The molecule has 4 rings (SSSR count). The molecule has 7 heteroatoms. The van der Waals surface area contributed by atoms with E-state index in [0.717, 1.165) is 59.8 Å². The number of hydrogen-bond donors (Lipinski definition) is 1. The summed E-state index contributed by atoms with van der Waals surface area (Å²) in [5.74, 6) is 1.26. The van der Waals surface area contributed by atoms with Crippen LogP contribution in [0.3, 0.4) is 0 Å². The number of anilines is 1. The number of carbonyl (C=O) groups is 1. The van der Waals surface area contributed by atoms with Gasteiger partial charge in [-0.15, -0.1) is 0 Å². The topological polar surface area (TPSA) is 76.6 Å². The first-order chi connectivity index (χ1) is 15.1. The van der Waals surface area contributed by atoms with Gasteiger partial charge in [-0.05, 0) is 37.5 Å². The molecule has 0 bridgehead atoms. The monoisotopic (exact) mass is 420 g/mol. The molecule has 2 aromatic carbocycles. The minimum absolute atomic E-state index is 0.210. The summed E-state index contributed by atoms with van der Waals surface area (Å²) < 4.78 is 10.4. The number of nitrogens with one attached hydrogen (secondary N) is 1. The Bertz CT molecular complexity index is 1050. The zero-order valence-electron chi connectivity index (χ0n) is 18.2. The Hall–Kier alpha value is -3.19. The van der Waals surface area contributed by atoms with Crippen molar-refractivity contribution in [1.29, 1.82) is 0 Å². The van der Waals surface area contributed by atoms with Crippen LogP contribution < -0.4 is 15.0 Å². The van der Waals surface area contributed by atoms with Crippen LogP contribution >= 0.6 is 0 Å². The van der Waals surface area contributed by atoms with Crippen LogP contribution in [0.4, 0.5) is 5.95 Å². The Morgan fingerprint density at radius 3 is 2.52 bits per heavy atom. The van der Waals surface area contributed by atoms with E-state index < -0.39 is 6.04 Å². The highest BCUT2D eigenvalue weighted by molar-refractivity contribution is 5.83. The van der Waals surface area contributed by atoms with Crippen molar-refractivity contribution in [1.82, 2.24) is 15.3 Å². The van der Waals surface area contributed by atoms with Gasteiger partial charge in [-0.2, -0.15) is 0 Å². The van der Waals surface area contributed by atoms with Crippen molar-refractivity contribution < 1.29 is 14.3 Å². The summed E-state index contributed by atoms with van der Waals surface area (Å²) in [6.07, 6.45) is 1.78. The molecule has 0 aliphatic carbocycles. The number of ether oxygens (including phenoxy) is 2. The lowest BCUT2D eigenvalue weighted by molar-refractivity contribution is -0.143. The first kappa shape index (κ1) is 21.1. The molecule has 7 nitrogen and oxygen atoms in total. The highest BCUT2D eigenvalue weighted by Gasteiger charge is 2.28. The maximum absolute atomic E-state index is 12.4. The molecule has 0 saturated carbocycles. The Morgan fingerprint density at radius 1 is 1.10 bits per heavy atom. The fourth-order valence-corrected chi connectivity index (χ4v) is 4.07. The van der Waals surface area contributed by atoms with Crippen LogP contribution in [0.1, 0.15) is 30.1 Å². The molecule has 3 aromatic rings. The van der Waals surface area contributed by atoms with Gasteiger partial charge in [-0.25, -0.2) is 14.8 Å². The molecule has 0 spiro atoms. The van der Waals surface area contributed by atoms with E-state index in [9.17, 15) is 4.79 Å². The molecular weight excluding hydrogens is 392 g/mol. The summed E-state index contributed by atoms with van der Waals surface area (Å²) in [6, 6.07) is 15.3. The summed E-state index contributed by atoms with van der Waals surface area (Å²) in [4.78, 5) is 24.1. The molecule has 1 aliphatic heterocycles. The second-order valence-corrected chi connectivity index (χ2v) is 7.79. The largest absolute Gasteiger partial charge is 0.497 e. The summed E-state index contributed by atoms with van der Waals surface area (Å²) in [5.41, 5.74) is 2.76. The van der Waals surface area contributed by atoms with Crippen molar-refractivity contribution in [3.05, 3.63) is 59.8 Å². The lowest BCUT2D eigenvalue weighted by Gasteiger charge is -2.34. The van der Waals surface area contributed by atoms with Crippen LogP contribution in [0.5, 0.6) is 5.75 Å². The van der Waals surface area contributed by atoms with E-state index in [4.69, 9.17) is 19.4 Å². The normalized spacial score (nSPS) is 15.6. The van der Waals surface area contributed by atoms with E-state index in [2.05, 4.69) is 10.2 Å². The van der Waals surface area contributed by atoms with Gasteiger partial charge in [0.05, 0.1) is 25.4 Å². The number of methoxy groups -OCH3 is 2. The zero-order valence-corrected chi connectivity index (χ0v) is 18.2. The van der Waals surface area contributed by atoms with E-state index in [0.29, 0.717) is 0 Å². The summed E-state index contributed by atoms with van der Waals surface area (Å²) in [5, 5.41) is 4.52. The molecule has 1 atom stereocenters. The van der Waals surface area contributed by atoms with E-state index in [1.54, 1.807) is 7.11 Å². The molecule has 1 fully saturated rings. The number of esters is 1. The quantitative estimate of drug-likeness (QED) is 0.612. The van der Waals surface area contributed by atoms with Crippen LogP contribution in [0.25, 0.3) is 10.9 Å². The van der Waals surface area contributed by atoms with Crippen molar-refractivity contribution in [2.45, 2.75) is 31.8 Å². The Morgan fingerprint density at radius 2 is 1.84 bits per heavy atom. The average molecular weight is 421 g/mol. The van der Waals surface area contributed by atoms with Crippen LogP contribution in [0.15, 0.2) is 48.5 Å².